The molecule has 1 N–H and O–H groups in total. The normalized spacial score (nSPS) is 20.2. The molecule has 0 radical (unpaired) electrons. The van der Waals surface area contributed by atoms with Crippen LogP contribution in [0.4, 0.5) is 5.69 Å². The second kappa shape index (κ2) is 9.94. The minimum Gasteiger partial charge on any atom is -0.334 e. The standard InChI is InChI=1S/C24H32N4O2S/c1-18-6-3-7-20(19(18)2)25-23(29)16-26-11-13-27(14-12-26)17-24(30)28-10-4-8-21(28)22-9-5-15-31-22/h3,5-7,9,15,21H,4,8,10-14,16-17H2,1-2H3,(H,25,29)/t21-/m1/s1. The third-order valence-electron chi connectivity index (χ3n) is 6.51. The maximum absolute atomic E-state index is 13.0. The molecule has 6 nitrogen and oxygen atoms in total. The molecule has 0 aliphatic carbocycles. The van der Waals surface area contributed by atoms with Crippen LogP contribution in [-0.2, 0) is 9.59 Å². The number of hydrogen-bond acceptors (Lipinski definition) is 5. The fraction of sp³-hybridized carbons (Fsp3) is 0.500. The molecule has 166 valence electrons. The van der Waals surface area contributed by atoms with Crippen molar-refractivity contribution >= 4 is 28.8 Å². The Balaban J connectivity index is 1.23. The number of rotatable bonds is 6. The van der Waals surface area contributed by atoms with Gasteiger partial charge in [0.15, 0.2) is 0 Å². The van der Waals surface area contributed by atoms with Gasteiger partial charge in [-0.05, 0) is 55.3 Å². The van der Waals surface area contributed by atoms with Crippen LogP contribution in [0.5, 0.6) is 0 Å². The molecule has 4 rings (SSSR count). The molecule has 2 saturated heterocycles. The SMILES string of the molecule is Cc1cccc(NC(=O)CN2CCN(CC(=O)N3CCC[C@@H]3c3cccs3)CC2)c1C. The zero-order chi connectivity index (χ0) is 21.8. The van der Waals surface area contributed by atoms with Crippen LogP contribution in [0.1, 0.15) is 34.9 Å². The van der Waals surface area contributed by atoms with Crippen LogP contribution < -0.4 is 5.32 Å². The highest BCUT2D eigenvalue weighted by atomic mass is 32.1. The molecule has 1 aromatic carbocycles. The maximum Gasteiger partial charge on any atom is 0.238 e. The number of nitrogens with one attached hydrogen (secondary N) is 1. The number of aryl methyl sites for hydroxylation is 1. The number of carbonyl (C=O) groups is 2. The summed E-state index contributed by atoms with van der Waals surface area (Å²) < 4.78 is 0. The molecule has 0 saturated carbocycles. The van der Waals surface area contributed by atoms with Crippen LogP contribution in [0.3, 0.4) is 0 Å². The Morgan fingerprint density at radius 1 is 1.00 bits per heavy atom. The van der Waals surface area contributed by atoms with Crippen molar-refractivity contribution in [1.82, 2.24) is 14.7 Å². The quantitative estimate of drug-likeness (QED) is 0.749. The molecule has 31 heavy (non-hydrogen) atoms. The number of hydrogen-bond donors (Lipinski definition) is 1. The Morgan fingerprint density at radius 2 is 1.74 bits per heavy atom. The van der Waals surface area contributed by atoms with Crippen LogP contribution in [0.2, 0.25) is 0 Å². The number of piperazine rings is 1. The van der Waals surface area contributed by atoms with Gasteiger partial charge in [0, 0.05) is 43.3 Å². The first-order valence-corrected chi connectivity index (χ1v) is 12.0. The first-order chi connectivity index (χ1) is 15.0. The lowest BCUT2D eigenvalue weighted by Crippen LogP contribution is -2.51. The number of anilines is 1. The molecule has 2 amide bonds. The lowest BCUT2D eigenvalue weighted by molar-refractivity contribution is -0.134. The van der Waals surface area contributed by atoms with Gasteiger partial charge >= 0.3 is 0 Å². The summed E-state index contributed by atoms with van der Waals surface area (Å²) in [5.41, 5.74) is 3.18. The summed E-state index contributed by atoms with van der Waals surface area (Å²) in [6, 6.07) is 10.4. The predicted octanol–water partition coefficient (Wildman–Crippen LogP) is 3.28. The summed E-state index contributed by atoms with van der Waals surface area (Å²) in [6.45, 7) is 9.07. The third-order valence-corrected chi connectivity index (χ3v) is 7.49. The monoisotopic (exact) mass is 440 g/mol. The van der Waals surface area contributed by atoms with Crippen LogP contribution in [0.15, 0.2) is 35.7 Å². The van der Waals surface area contributed by atoms with Crippen molar-refractivity contribution in [2.45, 2.75) is 32.7 Å². The number of nitrogens with zero attached hydrogens (tertiary/aromatic N) is 3. The summed E-state index contributed by atoms with van der Waals surface area (Å²) in [6.07, 6.45) is 2.15. The van der Waals surface area contributed by atoms with Crippen molar-refractivity contribution in [3.05, 3.63) is 51.7 Å². The largest absolute Gasteiger partial charge is 0.334 e. The fourth-order valence-electron chi connectivity index (χ4n) is 4.51. The van der Waals surface area contributed by atoms with Crippen molar-refractivity contribution in [1.29, 1.82) is 0 Å². The first-order valence-electron chi connectivity index (χ1n) is 11.1. The molecule has 2 aliphatic heterocycles. The van der Waals surface area contributed by atoms with E-state index in [0.717, 1.165) is 56.8 Å². The van der Waals surface area contributed by atoms with E-state index in [-0.39, 0.29) is 17.9 Å². The Kier molecular flexibility index (Phi) is 7.05. The van der Waals surface area contributed by atoms with E-state index in [9.17, 15) is 9.59 Å². The average molecular weight is 441 g/mol. The summed E-state index contributed by atoms with van der Waals surface area (Å²) in [4.78, 5) is 33.2. The molecule has 2 fully saturated rings. The van der Waals surface area contributed by atoms with E-state index in [0.29, 0.717) is 13.1 Å². The Hall–Kier alpha value is -2.22. The van der Waals surface area contributed by atoms with Crippen LogP contribution >= 0.6 is 11.3 Å². The predicted molar refractivity (Wildman–Crippen MR) is 125 cm³/mol. The van der Waals surface area contributed by atoms with Crippen molar-refractivity contribution in [2.75, 3.05) is 51.1 Å². The molecule has 0 spiro atoms. The fourth-order valence-corrected chi connectivity index (χ4v) is 5.38. The van der Waals surface area contributed by atoms with Gasteiger partial charge in [0.2, 0.25) is 11.8 Å². The minimum absolute atomic E-state index is 0.0223. The highest BCUT2D eigenvalue weighted by Gasteiger charge is 2.32. The molecular formula is C24H32N4O2S. The molecular weight excluding hydrogens is 408 g/mol. The first kappa shape index (κ1) is 22.0. The summed E-state index contributed by atoms with van der Waals surface area (Å²) in [7, 11) is 0. The molecule has 1 atom stereocenters. The number of carbonyl (C=O) groups excluding carboxylic acids is 2. The second-order valence-corrected chi connectivity index (χ2v) is 9.59. The van der Waals surface area contributed by atoms with E-state index in [2.05, 4.69) is 50.5 Å². The molecule has 2 aromatic rings. The van der Waals surface area contributed by atoms with Crippen molar-refractivity contribution in [2.24, 2.45) is 0 Å². The zero-order valence-electron chi connectivity index (χ0n) is 18.5. The Morgan fingerprint density at radius 3 is 2.45 bits per heavy atom. The third kappa shape index (κ3) is 5.34. The Labute approximate surface area is 188 Å². The van der Waals surface area contributed by atoms with E-state index in [1.807, 2.05) is 19.1 Å². The van der Waals surface area contributed by atoms with Crippen molar-refractivity contribution in [3.8, 4) is 0 Å². The van der Waals surface area contributed by atoms with E-state index in [4.69, 9.17) is 0 Å². The van der Waals surface area contributed by atoms with Gasteiger partial charge in [0.25, 0.3) is 0 Å². The van der Waals surface area contributed by atoms with Crippen LogP contribution in [0, 0.1) is 13.8 Å². The van der Waals surface area contributed by atoms with Crippen LogP contribution in [-0.4, -0.2) is 72.3 Å². The molecule has 0 unspecified atom stereocenters. The van der Waals surface area contributed by atoms with Crippen molar-refractivity contribution in [3.63, 3.8) is 0 Å². The lowest BCUT2D eigenvalue weighted by Gasteiger charge is -2.35. The van der Waals surface area contributed by atoms with E-state index in [1.54, 1.807) is 11.3 Å². The van der Waals surface area contributed by atoms with Gasteiger partial charge in [-0.1, -0.05) is 18.2 Å². The van der Waals surface area contributed by atoms with Gasteiger partial charge in [0.1, 0.15) is 0 Å². The minimum atomic E-state index is 0.0223. The molecule has 0 bridgehead atoms. The van der Waals surface area contributed by atoms with Gasteiger partial charge in [-0.2, -0.15) is 0 Å². The molecule has 2 aliphatic rings. The van der Waals surface area contributed by atoms with Gasteiger partial charge in [-0.25, -0.2) is 0 Å². The number of likely N-dealkylation sites (tertiary alicyclic amines) is 1. The number of benzene rings is 1. The van der Waals surface area contributed by atoms with Crippen molar-refractivity contribution < 1.29 is 9.59 Å². The summed E-state index contributed by atoms with van der Waals surface area (Å²) >= 11 is 1.74. The molecule has 3 heterocycles. The highest BCUT2D eigenvalue weighted by Crippen LogP contribution is 2.34. The molecule has 7 heteroatoms. The zero-order valence-corrected chi connectivity index (χ0v) is 19.3. The van der Waals surface area contributed by atoms with Gasteiger partial charge < -0.3 is 10.2 Å². The van der Waals surface area contributed by atoms with Gasteiger partial charge in [-0.15, -0.1) is 11.3 Å². The summed E-state index contributed by atoms with van der Waals surface area (Å²) in [5, 5.41) is 5.13. The van der Waals surface area contributed by atoms with E-state index < -0.39 is 0 Å². The smallest absolute Gasteiger partial charge is 0.238 e. The average Bonchev–Trinajstić information content (AvgIpc) is 3.44. The highest BCUT2D eigenvalue weighted by molar-refractivity contribution is 7.10. The Bertz CT molecular complexity index is 906. The summed E-state index contributed by atoms with van der Waals surface area (Å²) in [5.74, 6) is 0.256. The number of amides is 2. The topological polar surface area (TPSA) is 55.9 Å². The lowest BCUT2D eigenvalue weighted by atomic mass is 10.1. The van der Waals surface area contributed by atoms with Gasteiger partial charge in [-0.3, -0.25) is 19.4 Å². The maximum atomic E-state index is 13.0. The second-order valence-electron chi connectivity index (χ2n) is 8.61. The number of thiophene rings is 1. The van der Waals surface area contributed by atoms with Crippen LogP contribution in [0.25, 0.3) is 0 Å². The van der Waals surface area contributed by atoms with Gasteiger partial charge in [0.05, 0.1) is 19.1 Å². The van der Waals surface area contributed by atoms with E-state index >= 15 is 0 Å². The molecule has 1 aromatic heterocycles. The van der Waals surface area contributed by atoms with E-state index in [1.165, 1.54) is 10.4 Å².